The second kappa shape index (κ2) is 6.90. The molecule has 0 bridgehead atoms. The van der Waals surface area contributed by atoms with E-state index in [0.29, 0.717) is 0 Å². The van der Waals surface area contributed by atoms with Crippen LogP contribution in [0.4, 0.5) is 10.2 Å². The van der Waals surface area contributed by atoms with Crippen LogP contribution in [0.3, 0.4) is 0 Å². The zero-order chi connectivity index (χ0) is 18.2. The maximum Gasteiger partial charge on any atom is 0.472 e. The number of aromatic nitrogens is 4. The standard InChI is InChI=1S/C12H17FN5O6P/c1-21-3-6-9(24-25(19,20)22-2)7(13)12(23-6)18-5-17-8-10(14)15-4-16-11(8)18/h4-7,9,12H,3H2,1-2H3,(H,19,20)(H2,14,15,16)/t6-,7+,9?,12-/m1/s1. The maximum absolute atomic E-state index is 15.0. The molecular weight excluding hydrogens is 360 g/mol. The highest BCUT2D eigenvalue weighted by Crippen LogP contribution is 2.48. The summed E-state index contributed by atoms with van der Waals surface area (Å²) in [6, 6.07) is 0. The summed E-state index contributed by atoms with van der Waals surface area (Å²) in [6.45, 7) is -0.0605. The van der Waals surface area contributed by atoms with Crippen LogP contribution in [0.2, 0.25) is 0 Å². The van der Waals surface area contributed by atoms with Gasteiger partial charge >= 0.3 is 7.82 Å². The molecule has 1 aliphatic rings. The van der Waals surface area contributed by atoms with Gasteiger partial charge in [0.25, 0.3) is 0 Å². The lowest BCUT2D eigenvalue weighted by Gasteiger charge is -2.20. The first-order valence-corrected chi connectivity index (χ1v) is 8.66. The number of anilines is 1. The monoisotopic (exact) mass is 377 g/mol. The van der Waals surface area contributed by atoms with Crippen molar-refractivity contribution in [3.8, 4) is 0 Å². The van der Waals surface area contributed by atoms with Crippen LogP contribution in [0.25, 0.3) is 11.2 Å². The molecule has 13 heteroatoms. The Morgan fingerprint density at radius 1 is 1.44 bits per heavy atom. The summed E-state index contributed by atoms with van der Waals surface area (Å²) < 4.78 is 47.8. The van der Waals surface area contributed by atoms with Gasteiger partial charge in [-0.05, 0) is 0 Å². The Bertz CT molecular complexity index is 805. The number of alkyl halides is 1. The molecule has 0 spiro atoms. The van der Waals surface area contributed by atoms with Gasteiger partial charge in [0.2, 0.25) is 0 Å². The molecule has 2 aromatic rings. The summed E-state index contributed by atoms with van der Waals surface area (Å²) >= 11 is 0. The van der Waals surface area contributed by atoms with Gasteiger partial charge in [-0.3, -0.25) is 13.6 Å². The van der Waals surface area contributed by atoms with Gasteiger partial charge in [-0.15, -0.1) is 0 Å². The lowest BCUT2D eigenvalue weighted by molar-refractivity contribution is -0.0541. The first-order valence-electron chi connectivity index (χ1n) is 7.16. The Balaban J connectivity index is 1.94. The van der Waals surface area contributed by atoms with E-state index in [1.165, 1.54) is 24.3 Å². The van der Waals surface area contributed by atoms with E-state index < -0.39 is 32.4 Å². The predicted octanol–water partition coefficient (Wildman–Crippen LogP) is 0.422. The molecule has 0 saturated carbocycles. The minimum atomic E-state index is -4.43. The molecule has 3 rings (SSSR count). The lowest BCUT2D eigenvalue weighted by Crippen LogP contribution is -2.33. The average Bonchev–Trinajstić information content (AvgIpc) is 3.12. The molecule has 3 N–H and O–H groups in total. The first-order chi connectivity index (χ1) is 11.9. The van der Waals surface area contributed by atoms with Crippen molar-refractivity contribution >= 4 is 24.8 Å². The Kier molecular flexibility index (Phi) is 5.00. The van der Waals surface area contributed by atoms with Crippen molar-refractivity contribution in [2.75, 3.05) is 26.6 Å². The Morgan fingerprint density at radius 3 is 2.88 bits per heavy atom. The van der Waals surface area contributed by atoms with E-state index in [2.05, 4.69) is 19.5 Å². The molecule has 1 saturated heterocycles. The van der Waals surface area contributed by atoms with E-state index in [4.69, 9.17) is 19.7 Å². The summed E-state index contributed by atoms with van der Waals surface area (Å²) in [4.78, 5) is 21.4. The molecule has 3 heterocycles. The molecule has 11 nitrogen and oxygen atoms in total. The topological polar surface area (TPSA) is 144 Å². The Hall–Kier alpha value is -1.69. The highest BCUT2D eigenvalue weighted by atomic mass is 31.2. The fourth-order valence-electron chi connectivity index (χ4n) is 2.60. The number of rotatable bonds is 6. The smallest absolute Gasteiger partial charge is 0.382 e. The molecule has 1 fully saturated rings. The molecule has 25 heavy (non-hydrogen) atoms. The maximum atomic E-state index is 15.0. The van der Waals surface area contributed by atoms with Crippen LogP contribution in [0, 0.1) is 0 Å². The van der Waals surface area contributed by atoms with E-state index in [1.807, 2.05) is 0 Å². The molecule has 1 aliphatic heterocycles. The normalized spacial score (nSPS) is 29.1. The van der Waals surface area contributed by atoms with Crippen LogP contribution in [0.5, 0.6) is 0 Å². The molecule has 0 amide bonds. The van der Waals surface area contributed by atoms with Crippen LogP contribution in [0.15, 0.2) is 12.7 Å². The van der Waals surface area contributed by atoms with E-state index in [-0.39, 0.29) is 23.6 Å². The van der Waals surface area contributed by atoms with Crippen LogP contribution < -0.4 is 5.73 Å². The van der Waals surface area contributed by atoms with Crippen molar-refractivity contribution in [1.82, 2.24) is 19.5 Å². The number of hydrogen-bond acceptors (Lipinski definition) is 9. The van der Waals surface area contributed by atoms with E-state index in [0.717, 1.165) is 7.11 Å². The number of halogens is 1. The van der Waals surface area contributed by atoms with Gasteiger partial charge in [-0.1, -0.05) is 0 Å². The van der Waals surface area contributed by atoms with Crippen molar-refractivity contribution in [2.45, 2.75) is 24.6 Å². The number of imidazole rings is 1. The molecule has 2 unspecified atom stereocenters. The van der Waals surface area contributed by atoms with Crippen LogP contribution in [-0.2, 0) is 23.1 Å². The summed E-state index contributed by atoms with van der Waals surface area (Å²) in [6.07, 6.45) is -2.85. The zero-order valence-electron chi connectivity index (χ0n) is 13.4. The third-order valence-corrected chi connectivity index (χ3v) is 4.72. The molecular formula is C12H17FN5O6P. The number of phosphoric acid groups is 1. The highest BCUT2D eigenvalue weighted by molar-refractivity contribution is 7.47. The summed E-state index contributed by atoms with van der Waals surface area (Å²) in [7, 11) is -2.06. The quantitative estimate of drug-likeness (QED) is 0.680. The van der Waals surface area contributed by atoms with Crippen LogP contribution in [0.1, 0.15) is 6.23 Å². The van der Waals surface area contributed by atoms with Crippen molar-refractivity contribution in [3.05, 3.63) is 12.7 Å². The molecule has 138 valence electrons. The number of methoxy groups -OCH3 is 1. The van der Waals surface area contributed by atoms with Crippen LogP contribution >= 0.6 is 7.82 Å². The third kappa shape index (κ3) is 3.36. The minimum absolute atomic E-state index is 0.0605. The second-order valence-corrected chi connectivity index (χ2v) is 6.78. The number of fused-ring (bicyclic) bond motifs is 1. The van der Waals surface area contributed by atoms with E-state index >= 15 is 0 Å². The third-order valence-electron chi connectivity index (χ3n) is 3.74. The van der Waals surface area contributed by atoms with Gasteiger partial charge in [0.15, 0.2) is 23.9 Å². The fourth-order valence-corrected chi connectivity index (χ4v) is 3.24. The average molecular weight is 377 g/mol. The highest BCUT2D eigenvalue weighted by Gasteiger charge is 2.50. The largest absolute Gasteiger partial charge is 0.472 e. The summed E-state index contributed by atoms with van der Waals surface area (Å²) in [5, 5.41) is 0. The van der Waals surface area contributed by atoms with Crippen LogP contribution in [-0.4, -0.2) is 63.6 Å². The zero-order valence-corrected chi connectivity index (χ0v) is 14.2. The van der Waals surface area contributed by atoms with Gasteiger partial charge in [0.05, 0.1) is 12.9 Å². The fraction of sp³-hybridized carbons (Fsp3) is 0.583. The predicted molar refractivity (Wildman–Crippen MR) is 82.1 cm³/mol. The molecule has 0 radical (unpaired) electrons. The van der Waals surface area contributed by atoms with Crippen molar-refractivity contribution in [1.29, 1.82) is 0 Å². The van der Waals surface area contributed by atoms with Crippen molar-refractivity contribution in [3.63, 3.8) is 0 Å². The molecule has 0 aliphatic carbocycles. The number of nitrogens with zero attached hydrogens (tertiary/aromatic N) is 4. The number of nitrogen functional groups attached to an aromatic ring is 1. The number of hydrogen-bond donors (Lipinski definition) is 2. The Morgan fingerprint density at radius 2 is 2.20 bits per heavy atom. The molecule has 2 aromatic heterocycles. The Labute approximate surface area is 141 Å². The number of phosphoric ester groups is 1. The minimum Gasteiger partial charge on any atom is -0.382 e. The lowest BCUT2D eigenvalue weighted by atomic mass is 10.1. The molecule has 0 aromatic carbocycles. The van der Waals surface area contributed by atoms with Gasteiger partial charge in [-0.25, -0.2) is 23.9 Å². The SMILES string of the molecule is COC[C@H]1O[C@@H](n2cnc3c(N)ncnc32)[C@@H](F)C1OP(=O)(O)OC. The van der Waals surface area contributed by atoms with E-state index in [9.17, 15) is 13.8 Å². The van der Waals surface area contributed by atoms with Gasteiger partial charge in [-0.2, -0.15) is 0 Å². The van der Waals surface area contributed by atoms with E-state index in [1.54, 1.807) is 0 Å². The first kappa shape index (κ1) is 18.1. The molecule has 5 atom stereocenters. The van der Waals surface area contributed by atoms with Gasteiger partial charge < -0.3 is 20.1 Å². The van der Waals surface area contributed by atoms with Crippen molar-refractivity contribution in [2.24, 2.45) is 0 Å². The van der Waals surface area contributed by atoms with Gasteiger partial charge in [0.1, 0.15) is 24.1 Å². The second-order valence-electron chi connectivity index (χ2n) is 5.27. The number of ether oxygens (including phenoxy) is 2. The van der Waals surface area contributed by atoms with Gasteiger partial charge in [0, 0.05) is 14.2 Å². The summed E-state index contributed by atoms with van der Waals surface area (Å²) in [5.41, 5.74) is 6.26. The summed E-state index contributed by atoms with van der Waals surface area (Å²) in [5.74, 6) is 0.137. The number of nitrogens with two attached hydrogens (primary N) is 1. The van der Waals surface area contributed by atoms with Crippen molar-refractivity contribution < 1.29 is 32.4 Å².